The molecule has 1 aromatic carbocycles. The van der Waals surface area contributed by atoms with Gasteiger partial charge in [-0.2, -0.15) is 8.42 Å². The van der Waals surface area contributed by atoms with Gasteiger partial charge in [0.15, 0.2) is 6.23 Å². The van der Waals surface area contributed by atoms with E-state index in [0.717, 1.165) is 5.56 Å². The van der Waals surface area contributed by atoms with E-state index in [9.17, 15) is 23.1 Å². The van der Waals surface area contributed by atoms with Crippen molar-refractivity contribution in [3.63, 3.8) is 0 Å². The van der Waals surface area contributed by atoms with Crippen molar-refractivity contribution < 1.29 is 27.7 Å². The fraction of sp³-hybridized carbons (Fsp3) is 0.300. The second kappa shape index (κ2) is 14.8. The van der Waals surface area contributed by atoms with Crippen molar-refractivity contribution in [3.05, 3.63) is 82.5 Å². The standard InChI is InChI=1S/C29H30ClN9O3.CH4O3S/c1-5-24(40)36-26(21-7-6-8-23(34-21)38(3)4)28(42)39-15-18-10-9-17(13-19(18)27(39)41)25-20(30)14-32-29(37-25)35-22-11-12-31-16(2)33-22;1-5(2,3)4/h6-14,26,28,42H,5,15H2,1-4H3,(H,36,40)(H,31,32,33,35,37);1H3,(H,2,3,4)/t26-,28+;/m1./s1. The number of nitrogens with one attached hydrogen (secondary N) is 2. The van der Waals surface area contributed by atoms with Crippen LogP contribution in [0.15, 0.2) is 54.9 Å². The van der Waals surface area contributed by atoms with E-state index in [1.54, 1.807) is 50.4 Å². The number of carbonyl (C=O) groups is 2. The Kier molecular flexibility index (Phi) is 11.0. The van der Waals surface area contributed by atoms with Crippen LogP contribution >= 0.6 is 11.6 Å². The monoisotopic (exact) mass is 683 g/mol. The molecule has 3 aromatic heterocycles. The minimum absolute atomic E-state index is 0.152. The molecule has 4 heterocycles. The molecule has 0 spiro atoms. The lowest BCUT2D eigenvalue weighted by Crippen LogP contribution is -2.46. The van der Waals surface area contributed by atoms with Gasteiger partial charge in [-0.15, -0.1) is 0 Å². The molecule has 1 aliphatic rings. The van der Waals surface area contributed by atoms with Gasteiger partial charge < -0.3 is 25.5 Å². The van der Waals surface area contributed by atoms with Gasteiger partial charge in [-0.25, -0.2) is 24.9 Å². The zero-order valence-electron chi connectivity index (χ0n) is 26.2. The number of aryl methyl sites for hydroxylation is 1. The van der Waals surface area contributed by atoms with Gasteiger partial charge in [-0.1, -0.05) is 36.7 Å². The zero-order chi connectivity index (χ0) is 34.5. The first kappa shape index (κ1) is 35.1. The number of carbonyl (C=O) groups excluding carboxylic acids is 2. The van der Waals surface area contributed by atoms with Crippen LogP contribution in [0.5, 0.6) is 0 Å². The third-order valence-electron chi connectivity index (χ3n) is 6.76. The van der Waals surface area contributed by atoms with Gasteiger partial charge in [0.2, 0.25) is 11.9 Å². The molecule has 0 saturated carbocycles. The average molecular weight is 684 g/mol. The summed E-state index contributed by atoms with van der Waals surface area (Å²) in [5.74, 6) is 1.39. The minimum atomic E-state index is -3.67. The number of anilines is 3. The van der Waals surface area contributed by atoms with Gasteiger partial charge in [0.1, 0.15) is 23.5 Å². The Morgan fingerprint density at radius 1 is 1.13 bits per heavy atom. The fourth-order valence-electron chi connectivity index (χ4n) is 4.57. The lowest BCUT2D eigenvalue weighted by molar-refractivity contribution is -0.123. The summed E-state index contributed by atoms with van der Waals surface area (Å²) in [6, 6.07) is 11.4. The first-order valence-corrected chi connectivity index (χ1v) is 16.4. The van der Waals surface area contributed by atoms with E-state index in [-0.39, 0.29) is 30.7 Å². The Bertz CT molecular complexity index is 1890. The van der Waals surface area contributed by atoms with Gasteiger partial charge >= 0.3 is 0 Å². The van der Waals surface area contributed by atoms with Crippen LogP contribution in [0.4, 0.5) is 17.6 Å². The van der Waals surface area contributed by atoms with E-state index in [2.05, 4.69) is 35.6 Å². The Hall–Kier alpha value is -4.77. The maximum atomic E-state index is 13.6. The van der Waals surface area contributed by atoms with Crippen LogP contribution in [0.25, 0.3) is 11.3 Å². The van der Waals surface area contributed by atoms with Crippen molar-refractivity contribution in [3.8, 4) is 11.3 Å². The van der Waals surface area contributed by atoms with Crippen LogP contribution in [0, 0.1) is 6.92 Å². The summed E-state index contributed by atoms with van der Waals surface area (Å²) in [4.78, 5) is 51.0. The molecule has 2 atom stereocenters. The minimum Gasteiger partial charge on any atom is -0.371 e. The number of hydrogen-bond acceptors (Lipinski definition) is 12. The molecule has 0 unspecified atom stereocenters. The van der Waals surface area contributed by atoms with Crippen molar-refractivity contribution in [2.45, 2.75) is 39.1 Å². The van der Waals surface area contributed by atoms with Gasteiger partial charge in [-0.3, -0.25) is 14.1 Å². The molecular formula is C30H34ClN9O6S. The van der Waals surface area contributed by atoms with E-state index >= 15 is 0 Å². The molecule has 1 aliphatic heterocycles. The number of benzene rings is 1. The van der Waals surface area contributed by atoms with E-state index in [1.165, 1.54) is 11.1 Å². The van der Waals surface area contributed by atoms with Crippen molar-refractivity contribution in [1.29, 1.82) is 0 Å². The summed E-state index contributed by atoms with van der Waals surface area (Å²) in [6.07, 6.45) is 2.65. The molecule has 4 aromatic rings. The van der Waals surface area contributed by atoms with Crippen LogP contribution in [-0.2, 0) is 21.5 Å². The highest BCUT2D eigenvalue weighted by Gasteiger charge is 2.38. The van der Waals surface area contributed by atoms with Crippen molar-refractivity contribution in [2.24, 2.45) is 0 Å². The summed E-state index contributed by atoms with van der Waals surface area (Å²) in [5.41, 5.74) is 2.58. The summed E-state index contributed by atoms with van der Waals surface area (Å²) in [7, 11) is 0.0284. The van der Waals surface area contributed by atoms with Crippen LogP contribution in [0.2, 0.25) is 5.02 Å². The Morgan fingerprint density at radius 2 is 1.85 bits per heavy atom. The molecule has 2 amide bonds. The second-order valence-corrected chi connectivity index (χ2v) is 12.5. The smallest absolute Gasteiger partial charge is 0.261 e. The number of nitrogens with zero attached hydrogens (tertiary/aromatic N) is 7. The van der Waals surface area contributed by atoms with Gasteiger partial charge in [0.25, 0.3) is 16.0 Å². The topological polar surface area (TPSA) is 204 Å². The molecule has 0 bridgehead atoms. The SMILES string of the molecule is CCC(=O)N[C@H](c1cccc(N(C)C)n1)[C@H](O)N1Cc2ccc(-c3nc(Nc4ccnc(C)n4)ncc3Cl)cc2C1=O.CS(=O)(=O)O. The number of pyridine rings is 1. The molecule has 4 N–H and O–H groups in total. The van der Waals surface area contributed by atoms with Crippen molar-refractivity contribution >= 4 is 51.1 Å². The van der Waals surface area contributed by atoms with Crippen LogP contribution in [0.1, 0.15) is 46.8 Å². The fourth-order valence-corrected chi connectivity index (χ4v) is 4.77. The molecule has 47 heavy (non-hydrogen) atoms. The number of aliphatic hydroxyl groups is 1. The highest BCUT2D eigenvalue weighted by Crippen LogP contribution is 2.34. The lowest BCUT2D eigenvalue weighted by atomic mass is 10.0. The molecule has 5 rings (SSSR count). The first-order valence-electron chi connectivity index (χ1n) is 14.2. The highest BCUT2D eigenvalue weighted by atomic mass is 35.5. The molecular weight excluding hydrogens is 650 g/mol. The highest BCUT2D eigenvalue weighted by molar-refractivity contribution is 7.85. The lowest BCUT2D eigenvalue weighted by Gasteiger charge is -2.31. The van der Waals surface area contributed by atoms with E-state index in [4.69, 9.17) is 16.2 Å². The predicted molar refractivity (Wildman–Crippen MR) is 176 cm³/mol. The van der Waals surface area contributed by atoms with Gasteiger partial charge in [0, 0.05) is 44.4 Å². The first-order chi connectivity index (χ1) is 22.1. The van der Waals surface area contributed by atoms with Gasteiger partial charge in [0.05, 0.1) is 28.9 Å². The maximum Gasteiger partial charge on any atom is 0.261 e. The summed E-state index contributed by atoms with van der Waals surface area (Å²) < 4.78 is 25.9. The van der Waals surface area contributed by atoms with E-state index < -0.39 is 22.4 Å². The summed E-state index contributed by atoms with van der Waals surface area (Å²) in [6.45, 7) is 3.64. The Morgan fingerprint density at radius 3 is 2.51 bits per heavy atom. The Balaban J connectivity index is 0.000000930. The molecule has 0 radical (unpaired) electrons. The molecule has 15 nitrogen and oxygen atoms in total. The quantitative estimate of drug-likeness (QED) is 0.188. The van der Waals surface area contributed by atoms with E-state index in [1.807, 2.05) is 31.1 Å². The number of fused-ring (bicyclic) bond motifs is 1. The second-order valence-electron chi connectivity index (χ2n) is 10.7. The molecule has 0 aliphatic carbocycles. The number of halogens is 1. The van der Waals surface area contributed by atoms with Crippen molar-refractivity contribution in [1.82, 2.24) is 35.1 Å². The molecule has 248 valence electrons. The zero-order valence-corrected chi connectivity index (χ0v) is 27.8. The third kappa shape index (κ3) is 9.16. The number of amides is 2. The van der Waals surface area contributed by atoms with Crippen LogP contribution < -0.4 is 15.5 Å². The largest absolute Gasteiger partial charge is 0.371 e. The molecule has 17 heteroatoms. The maximum absolute atomic E-state index is 13.6. The van der Waals surface area contributed by atoms with Gasteiger partial charge in [-0.05, 0) is 36.8 Å². The summed E-state index contributed by atoms with van der Waals surface area (Å²) >= 11 is 6.47. The third-order valence-corrected chi connectivity index (χ3v) is 7.04. The van der Waals surface area contributed by atoms with Crippen molar-refractivity contribution in [2.75, 3.05) is 30.6 Å². The van der Waals surface area contributed by atoms with E-state index in [0.29, 0.717) is 51.3 Å². The number of rotatable bonds is 9. The molecule has 0 saturated heterocycles. The van der Waals surface area contributed by atoms with Crippen LogP contribution in [-0.4, -0.2) is 86.3 Å². The number of aromatic nitrogens is 5. The molecule has 0 fully saturated rings. The predicted octanol–water partition coefficient (Wildman–Crippen LogP) is 3.15. The number of aliphatic hydroxyl groups excluding tert-OH is 1. The number of hydrogen-bond donors (Lipinski definition) is 4. The normalized spacial score (nSPS) is 13.6. The van der Waals surface area contributed by atoms with Crippen LogP contribution in [0.3, 0.4) is 0 Å². The summed E-state index contributed by atoms with van der Waals surface area (Å²) in [5, 5.41) is 17.7. The average Bonchev–Trinajstić information content (AvgIpc) is 3.35. The Labute approximate surface area is 276 Å².